The Balaban J connectivity index is 3.26. The molecular weight excluding hydrogens is 292 g/mol. The summed E-state index contributed by atoms with van der Waals surface area (Å²) < 4.78 is 0. The van der Waals surface area contributed by atoms with E-state index in [-0.39, 0.29) is 11.9 Å². The molecule has 0 rings (SSSR count). The van der Waals surface area contributed by atoms with E-state index in [1.165, 1.54) is 77.0 Å². The van der Waals surface area contributed by atoms with E-state index in [1.807, 2.05) is 0 Å². The Kier molecular flexibility index (Phi) is 16.3. The van der Waals surface area contributed by atoms with Gasteiger partial charge in [-0.1, -0.05) is 90.9 Å². The summed E-state index contributed by atoms with van der Waals surface area (Å²) in [5, 5.41) is 18.4. The van der Waals surface area contributed by atoms with Gasteiger partial charge >= 0.3 is 0 Å². The molecule has 2 N–H and O–H groups in total. The molecule has 2 nitrogen and oxygen atoms in total. The third kappa shape index (κ3) is 12.8. The molecule has 0 amide bonds. The van der Waals surface area contributed by atoms with Crippen LogP contribution in [0.2, 0.25) is 0 Å². The smallest absolute Gasteiger partial charge is 0.0889 e. The molecule has 0 heterocycles. The Bertz CT molecular complexity index is 223. The second-order valence-electron chi connectivity index (χ2n) is 6.90. The molecule has 0 radical (unpaired) electrons. The Morgan fingerprint density at radius 2 is 1.18 bits per heavy atom. The van der Waals surface area contributed by atoms with Gasteiger partial charge in [0.2, 0.25) is 0 Å². The van der Waals surface area contributed by atoms with Crippen molar-refractivity contribution >= 4 is 12.6 Å². The fraction of sp³-hybridized carbons (Fsp3) is 1.00. The first-order valence-electron chi connectivity index (χ1n) is 9.60. The summed E-state index contributed by atoms with van der Waals surface area (Å²) in [6, 6.07) is 0. The van der Waals surface area contributed by atoms with Gasteiger partial charge < -0.3 is 10.2 Å². The van der Waals surface area contributed by atoms with E-state index in [2.05, 4.69) is 26.5 Å². The van der Waals surface area contributed by atoms with Crippen molar-refractivity contribution in [3.63, 3.8) is 0 Å². The molecule has 0 aromatic carbocycles. The molecule has 3 atom stereocenters. The molecule has 3 heteroatoms. The maximum Gasteiger partial charge on any atom is 0.0889 e. The van der Waals surface area contributed by atoms with Crippen molar-refractivity contribution in [1.29, 1.82) is 0 Å². The van der Waals surface area contributed by atoms with Gasteiger partial charge in [0.15, 0.2) is 0 Å². The highest BCUT2D eigenvalue weighted by molar-refractivity contribution is 7.81. The van der Waals surface area contributed by atoms with Crippen LogP contribution in [0, 0.1) is 5.92 Å². The summed E-state index contributed by atoms with van der Waals surface area (Å²) in [6.45, 7) is 4.21. The lowest BCUT2D eigenvalue weighted by Crippen LogP contribution is -2.30. The van der Waals surface area contributed by atoms with Gasteiger partial charge in [-0.25, -0.2) is 0 Å². The number of hydrogen-bond donors (Lipinski definition) is 3. The van der Waals surface area contributed by atoms with Crippen LogP contribution in [0.15, 0.2) is 0 Å². The lowest BCUT2D eigenvalue weighted by Gasteiger charge is -2.22. The van der Waals surface area contributed by atoms with Gasteiger partial charge in [-0.15, -0.1) is 0 Å². The van der Waals surface area contributed by atoms with Crippen molar-refractivity contribution in [2.75, 3.05) is 6.61 Å². The van der Waals surface area contributed by atoms with Crippen molar-refractivity contribution in [2.24, 2.45) is 5.92 Å². The molecule has 0 aromatic heterocycles. The predicted molar refractivity (Wildman–Crippen MR) is 101 cm³/mol. The summed E-state index contributed by atoms with van der Waals surface area (Å²) in [6.07, 6.45) is 16.9. The SMILES string of the molecule is CCCCCCCCCCCCCCC(C)C(S)C(O)CO. The zero-order chi connectivity index (χ0) is 16.6. The van der Waals surface area contributed by atoms with Crippen molar-refractivity contribution in [2.45, 2.75) is 109 Å². The Labute approximate surface area is 144 Å². The predicted octanol–water partition coefficient (Wildman–Crippen LogP) is 5.37. The van der Waals surface area contributed by atoms with Crippen molar-refractivity contribution in [3.8, 4) is 0 Å². The van der Waals surface area contributed by atoms with Gasteiger partial charge in [-0.2, -0.15) is 12.6 Å². The number of hydrogen-bond acceptors (Lipinski definition) is 3. The minimum Gasteiger partial charge on any atom is -0.394 e. The quantitative estimate of drug-likeness (QED) is 0.263. The van der Waals surface area contributed by atoms with Crippen LogP contribution in [-0.4, -0.2) is 28.2 Å². The zero-order valence-corrected chi connectivity index (χ0v) is 15.9. The highest BCUT2D eigenvalue weighted by Crippen LogP contribution is 2.21. The molecule has 0 saturated heterocycles. The number of thiol groups is 1. The van der Waals surface area contributed by atoms with Crippen LogP contribution in [0.3, 0.4) is 0 Å². The van der Waals surface area contributed by atoms with Gasteiger partial charge in [-0.3, -0.25) is 0 Å². The largest absolute Gasteiger partial charge is 0.394 e. The van der Waals surface area contributed by atoms with E-state index in [0.29, 0.717) is 5.92 Å². The van der Waals surface area contributed by atoms with Crippen LogP contribution in [0.5, 0.6) is 0 Å². The van der Waals surface area contributed by atoms with Gasteiger partial charge in [0.1, 0.15) is 0 Å². The van der Waals surface area contributed by atoms with Crippen molar-refractivity contribution < 1.29 is 10.2 Å². The van der Waals surface area contributed by atoms with Crippen molar-refractivity contribution in [1.82, 2.24) is 0 Å². The van der Waals surface area contributed by atoms with Gasteiger partial charge in [0.25, 0.3) is 0 Å². The Hall–Kier alpha value is 0.270. The minimum absolute atomic E-state index is 0.0993. The number of aliphatic hydroxyl groups excluding tert-OH is 2. The maximum atomic E-state index is 9.56. The molecule has 0 spiro atoms. The van der Waals surface area contributed by atoms with Gasteiger partial charge in [0, 0.05) is 5.25 Å². The van der Waals surface area contributed by atoms with Crippen LogP contribution < -0.4 is 0 Å². The molecule has 0 bridgehead atoms. The van der Waals surface area contributed by atoms with Crippen LogP contribution in [0.25, 0.3) is 0 Å². The van der Waals surface area contributed by atoms with E-state index < -0.39 is 6.10 Å². The van der Waals surface area contributed by atoms with Gasteiger partial charge in [-0.05, 0) is 12.3 Å². The van der Waals surface area contributed by atoms with Crippen LogP contribution in [0.4, 0.5) is 0 Å². The topological polar surface area (TPSA) is 40.5 Å². The zero-order valence-electron chi connectivity index (χ0n) is 15.0. The fourth-order valence-corrected chi connectivity index (χ4v) is 3.21. The highest BCUT2D eigenvalue weighted by Gasteiger charge is 2.20. The second-order valence-corrected chi connectivity index (χ2v) is 7.49. The highest BCUT2D eigenvalue weighted by atomic mass is 32.1. The maximum absolute atomic E-state index is 9.56. The molecule has 0 aliphatic rings. The Morgan fingerprint density at radius 1 is 0.773 bits per heavy atom. The number of rotatable bonds is 16. The average Bonchev–Trinajstić information content (AvgIpc) is 2.54. The molecule has 0 saturated carbocycles. The normalized spacial score (nSPS) is 15.7. The summed E-state index contributed by atoms with van der Waals surface area (Å²) in [5.74, 6) is 0.369. The lowest BCUT2D eigenvalue weighted by atomic mass is 9.96. The lowest BCUT2D eigenvalue weighted by molar-refractivity contribution is 0.0809. The molecule has 3 unspecified atom stereocenters. The van der Waals surface area contributed by atoms with E-state index in [0.717, 1.165) is 6.42 Å². The van der Waals surface area contributed by atoms with Gasteiger partial charge in [0.05, 0.1) is 12.7 Å². The first-order chi connectivity index (χ1) is 10.6. The van der Waals surface area contributed by atoms with Crippen LogP contribution in [0.1, 0.15) is 97.3 Å². The fourth-order valence-electron chi connectivity index (χ4n) is 2.97. The third-order valence-corrected chi connectivity index (χ3v) is 5.53. The van der Waals surface area contributed by atoms with E-state index in [1.54, 1.807) is 0 Å². The number of unbranched alkanes of at least 4 members (excludes halogenated alkanes) is 11. The summed E-state index contributed by atoms with van der Waals surface area (Å²) >= 11 is 4.40. The number of aliphatic hydroxyl groups is 2. The molecule has 0 fully saturated rings. The minimum atomic E-state index is -0.685. The summed E-state index contributed by atoms with van der Waals surface area (Å²) in [4.78, 5) is 0. The molecular formula is C19H40O2S. The van der Waals surface area contributed by atoms with Crippen LogP contribution in [-0.2, 0) is 0 Å². The molecule has 0 aliphatic carbocycles. The van der Waals surface area contributed by atoms with E-state index >= 15 is 0 Å². The molecule has 0 aliphatic heterocycles. The van der Waals surface area contributed by atoms with E-state index in [4.69, 9.17) is 5.11 Å². The average molecular weight is 333 g/mol. The first kappa shape index (κ1) is 22.3. The van der Waals surface area contributed by atoms with E-state index in [9.17, 15) is 5.11 Å². The first-order valence-corrected chi connectivity index (χ1v) is 10.1. The molecule has 22 heavy (non-hydrogen) atoms. The third-order valence-electron chi connectivity index (χ3n) is 4.68. The molecule has 134 valence electrons. The summed E-state index contributed by atoms with van der Waals surface area (Å²) in [7, 11) is 0. The van der Waals surface area contributed by atoms with Crippen LogP contribution >= 0.6 is 12.6 Å². The monoisotopic (exact) mass is 332 g/mol. The standard InChI is InChI=1S/C19H40O2S/c1-3-4-5-6-7-8-9-10-11-12-13-14-15-17(2)19(22)18(21)16-20/h17-22H,3-16H2,1-2H3. The molecule has 0 aromatic rings. The Morgan fingerprint density at radius 3 is 1.59 bits per heavy atom. The van der Waals surface area contributed by atoms with Crippen molar-refractivity contribution in [3.05, 3.63) is 0 Å². The summed E-state index contributed by atoms with van der Waals surface area (Å²) in [5.41, 5.74) is 0. The second kappa shape index (κ2) is 16.1.